The molecule has 0 saturated carbocycles. The largest absolute Gasteiger partial charge is 0.493 e. The second-order valence-corrected chi connectivity index (χ2v) is 7.46. The van der Waals surface area contributed by atoms with Gasteiger partial charge in [0.25, 0.3) is 0 Å². The maximum Gasteiger partial charge on any atom is 0.123 e. The first kappa shape index (κ1) is 19.6. The summed E-state index contributed by atoms with van der Waals surface area (Å²) in [6, 6.07) is 8.13. The molecule has 0 spiro atoms. The highest BCUT2D eigenvalue weighted by Crippen LogP contribution is 2.25. The molecule has 2 saturated heterocycles. The minimum atomic E-state index is -0.966. The van der Waals surface area contributed by atoms with Crippen molar-refractivity contribution in [3.63, 3.8) is 0 Å². The molecule has 26 heavy (non-hydrogen) atoms. The van der Waals surface area contributed by atoms with Gasteiger partial charge < -0.3 is 19.7 Å². The first-order chi connectivity index (χ1) is 12.7. The first-order valence-corrected chi connectivity index (χ1v) is 9.75. The van der Waals surface area contributed by atoms with Crippen molar-refractivity contribution in [2.75, 3.05) is 59.2 Å². The van der Waals surface area contributed by atoms with Crippen LogP contribution in [0.4, 0.5) is 0 Å². The van der Waals surface area contributed by atoms with Gasteiger partial charge >= 0.3 is 0 Å². The molecule has 0 aliphatic carbocycles. The Kier molecular flexibility index (Phi) is 7.28. The zero-order valence-corrected chi connectivity index (χ0v) is 15.6. The molecule has 146 valence electrons. The summed E-state index contributed by atoms with van der Waals surface area (Å²) in [5.41, 5.74) is 0.174. The number of hydrogen-bond acceptors (Lipinski definition) is 6. The van der Waals surface area contributed by atoms with Crippen LogP contribution in [0.25, 0.3) is 0 Å². The van der Waals surface area contributed by atoms with E-state index in [1.54, 1.807) is 0 Å². The van der Waals surface area contributed by atoms with Gasteiger partial charge in [-0.05, 0) is 31.9 Å². The molecule has 0 radical (unpaired) electrons. The van der Waals surface area contributed by atoms with Crippen LogP contribution in [-0.2, 0) is 11.3 Å². The second-order valence-electron chi connectivity index (χ2n) is 7.46. The molecule has 2 heterocycles. The van der Waals surface area contributed by atoms with Crippen molar-refractivity contribution >= 4 is 0 Å². The van der Waals surface area contributed by atoms with E-state index in [4.69, 9.17) is 9.47 Å². The van der Waals surface area contributed by atoms with E-state index in [2.05, 4.69) is 15.9 Å². The Morgan fingerprint density at radius 3 is 2.73 bits per heavy atom. The lowest BCUT2D eigenvalue weighted by Crippen LogP contribution is -2.50. The molecule has 1 aromatic rings. The Hall–Kier alpha value is -1.18. The third kappa shape index (κ3) is 5.66. The Morgan fingerprint density at radius 1 is 1.12 bits per heavy atom. The van der Waals surface area contributed by atoms with Crippen molar-refractivity contribution < 1.29 is 19.7 Å². The number of ether oxygens (including phenoxy) is 2. The van der Waals surface area contributed by atoms with Gasteiger partial charge in [-0.3, -0.25) is 9.80 Å². The molecule has 2 N–H and O–H groups in total. The maximum absolute atomic E-state index is 10.4. The molecule has 0 amide bonds. The minimum absolute atomic E-state index is 0.177. The second kappa shape index (κ2) is 9.67. The number of aliphatic hydroxyl groups is 2. The van der Waals surface area contributed by atoms with Gasteiger partial charge in [0, 0.05) is 38.3 Å². The van der Waals surface area contributed by atoms with E-state index in [1.165, 1.54) is 0 Å². The van der Waals surface area contributed by atoms with Gasteiger partial charge in [-0.15, -0.1) is 0 Å². The summed E-state index contributed by atoms with van der Waals surface area (Å²) in [7, 11) is 0. The van der Waals surface area contributed by atoms with E-state index in [9.17, 15) is 10.2 Å². The number of benzene rings is 1. The van der Waals surface area contributed by atoms with E-state index in [0.717, 1.165) is 70.1 Å². The van der Waals surface area contributed by atoms with Gasteiger partial charge in [-0.1, -0.05) is 18.2 Å². The summed E-state index contributed by atoms with van der Waals surface area (Å²) in [6.45, 7) is 7.45. The monoisotopic (exact) mass is 364 g/mol. The lowest BCUT2D eigenvalue weighted by atomic mass is 9.93. The normalized spacial score (nSPS) is 25.3. The molecule has 2 aliphatic rings. The molecular weight excluding hydrogens is 332 g/mol. The third-order valence-electron chi connectivity index (χ3n) is 5.28. The Bertz CT molecular complexity index is 550. The van der Waals surface area contributed by atoms with Crippen LogP contribution in [0.3, 0.4) is 0 Å². The minimum Gasteiger partial charge on any atom is -0.493 e. The Balaban J connectivity index is 1.48. The Morgan fingerprint density at radius 2 is 1.92 bits per heavy atom. The number of morpholine rings is 1. The molecule has 0 unspecified atom stereocenters. The predicted octanol–water partition coefficient (Wildman–Crippen LogP) is 1.11. The SMILES string of the molecule is OC[C@@]1(O)CCCN(Cc2ccccc2OCCCN2CCOCC2)C1. The average Bonchev–Trinajstić information content (AvgIpc) is 2.67. The van der Waals surface area contributed by atoms with Crippen molar-refractivity contribution in [1.82, 2.24) is 9.80 Å². The highest BCUT2D eigenvalue weighted by Gasteiger charge is 2.32. The molecule has 6 heteroatoms. The number of likely N-dealkylation sites (tertiary alicyclic amines) is 1. The quantitative estimate of drug-likeness (QED) is 0.674. The summed E-state index contributed by atoms with van der Waals surface area (Å²) >= 11 is 0. The molecule has 1 aromatic carbocycles. The fourth-order valence-corrected chi connectivity index (χ4v) is 3.78. The number of aliphatic hydroxyl groups excluding tert-OH is 1. The van der Waals surface area contributed by atoms with Crippen LogP contribution in [0.5, 0.6) is 5.75 Å². The van der Waals surface area contributed by atoms with Gasteiger partial charge in [0.15, 0.2) is 0 Å². The smallest absolute Gasteiger partial charge is 0.123 e. The van der Waals surface area contributed by atoms with Crippen LogP contribution in [0.15, 0.2) is 24.3 Å². The standard InChI is InChI=1S/C20H32N2O4/c23-17-20(24)7-3-8-22(16-20)15-18-5-1-2-6-19(18)26-12-4-9-21-10-13-25-14-11-21/h1-2,5-6,23-24H,3-4,7-17H2/t20-/m1/s1. The van der Waals surface area contributed by atoms with Crippen molar-refractivity contribution in [3.05, 3.63) is 29.8 Å². The van der Waals surface area contributed by atoms with Crippen molar-refractivity contribution in [2.45, 2.75) is 31.4 Å². The first-order valence-electron chi connectivity index (χ1n) is 9.75. The number of nitrogens with zero attached hydrogens (tertiary/aromatic N) is 2. The fraction of sp³-hybridized carbons (Fsp3) is 0.700. The van der Waals surface area contributed by atoms with Crippen molar-refractivity contribution in [3.8, 4) is 5.75 Å². The van der Waals surface area contributed by atoms with Gasteiger partial charge in [-0.25, -0.2) is 0 Å². The molecule has 0 bridgehead atoms. The molecule has 1 atom stereocenters. The number of rotatable bonds is 8. The highest BCUT2D eigenvalue weighted by molar-refractivity contribution is 5.33. The summed E-state index contributed by atoms with van der Waals surface area (Å²) in [5, 5.41) is 19.8. The molecule has 2 aliphatic heterocycles. The van der Waals surface area contributed by atoms with Gasteiger partial charge in [0.05, 0.1) is 26.4 Å². The zero-order valence-electron chi connectivity index (χ0n) is 15.6. The van der Waals surface area contributed by atoms with E-state index in [-0.39, 0.29) is 6.61 Å². The summed E-state index contributed by atoms with van der Waals surface area (Å²) in [6.07, 6.45) is 2.57. The number of β-amino-alcohol motifs (C(OH)–C–C–N with tert-alkyl or cyclic N) is 1. The highest BCUT2D eigenvalue weighted by atomic mass is 16.5. The van der Waals surface area contributed by atoms with Crippen LogP contribution in [-0.4, -0.2) is 84.8 Å². The van der Waals surface area contributed by atoms with E-state index >= 15 is 0 Å². The lowest BCUT2D eigenvalue weighted by molar-refractivity contribution is -0.0688. The Labute approximate surface area is 156 Å². The molecule has 6 nitrogen and oxygen atoms in total. The van der Waals surface area contributed by atoms with Gasteiger partial charge in [0.2, 0.25) is 0 Å². The fourth-order valence-electron chi connectivity index (χ4n) is 3.78. The van der Waals surface area contributed by atoms with Crippen LogP contribution in [0.1, 0.15) is 24.8 Å². The van der Waals surface area contributed by atoms with Crippen molar-refractivity contribution in [2.24, 2.45) is 0 Å². The lowest BCUT2D eigenvalue weighted by Gasteiger charge is -2.38. The van der Waals surface area contributed by atoms with Crippen LogP contribution < -0.4 is 4.74 Å². The summed E-state index contributed by atoms with van der Waals surface area (Å²) in [4.78, 5) is 4.62. The third-order valence-corrected chi connectivity index (χ3v) is 5.28. The average molecular weight is 364 g/mol. The van der Waals surface area contributed by atoms with E-state index in [0.29, 0.717) is 19.6 Å². The number of para-hydroxylation sites is 1. The number of piperidine rings is 1. The zero-order chi connectivity index (χ0) is 18.2. The summed E-state index contributed by atoms with van der Waals surface area (Å²) in [5.74, 6) is 0.924. The van der Waals surface area contributed by atoms with E-state index < -0.39 is 5.60 Å². The maximum atomic E-state index is 10.4. The van der Waals surface area contributed by atoms with Crippen LogP contribution in [0, 0.1) is 0 Å². The van der Waals surface area contributed by atoms with Gasteiger partial charge in [-0.2, -0.15) is 0 Å². The topological polar surface area (TPSA) is 65.4 Å². The molecule has 3 rings (SSSR count). The molecule has 0 aromatic heterocycles. The number of hydrogen-bond donors (Lipinski definition) is 2. The van der Waals surface area contributed by atoms with E-state index in [1.807, 2.05) is 18.2 Å². The summed E-state index contributed by atoms with van der Waals surface area (Å²) < 4.78 is 11.4. The molecule has 2 fully saturated rings. The van der Waals surface area contributed by atoms with Crippen LogP contribution in [0.2, 0.25) is 0 Å². The van der Waals surface area contributed by atoms with Gasteiger partial charge in [0.1, 0.15) is 11.4 Å². The van der Waals surface area contributed by atoms with Crippen molar-refractivity contribution in [1.29, 1.82) is 0 Å². The molecular formula is C20H32N2O4. The predicted molar refractivity (Wildman–Crippen MR) is 100 cm³/mol. The van der Waals surface area contributed by atoms with Crippen LogP contribution >= 0.6 is 0 Å².